The van der Waals surface area contributed by atoms with Crippen LogP contribution in [-0.2, 0) is 13.2 Å². The van der Waals surface area contributed by atoms with Crippen LogP contribution in [-0.4, -0.2) is 18.6 Å². The quantitative estimate of drug-likeness (QED) is 0.758. The predicted octanol–water partition coefficient (Wildman–Crippen LogP) is 3.54. The highest BCUT2D eigenvalue weighted by molar-refractivity contribution is 7.09. The van der Waals surface area contributed by atoms with Crippen LogP contribution in [0.4, 0.5) is 0 Å². The number of benzene rings is 1. The minimum Gasteiger partial charge on any atom is -0.493 e. The van der Waals surface area contributed by atoms with Crippen molar-refractivity contribution in [2.45, 2.75) is 33.4 Å². The van der Waals surface area contributed by atoms with Gasteiger partial charge in [-0.3, -0.25) is 0 Å². The molecule has 0 saturated carbocycles. The Kier molecular flexibility index (Phi) is 6.02. The highest BCUT2D eigenvalue weighted by atomic mass is 32.1. The van der Waals surface area contributed by atoms with Crippen LogP contribution in [0.3, 0.4) is 0 Å². The topological polar surface area (TPSA) is 43.4 Å². The fourth-order valence-electron chi connectivity index (χ4n) is 1.98. The Morgan fingerprint density at radius 3 is 2.81 bits per heavy atom. The Labute approximate surface area is 130 Å². The molecule has 0 unspecified atom stereocenters. The van der Waals surface area contributed by atoms with Crippen molar-refractivity contribution in [2.75, 3.05) is 13.7 Å². The summed E-state index contributed by atoms with van der Waals surface area (Å²) in [6.45, 7) is 6.48. The van der Waals surface area contributed by atoms with Gasteiger partial charge < -0.3 is 14.8 Å². The molecule has 0 fully saturated rings. The van der Waals surface area contributed by atoms with Gasteiger partial charge in [0.05, 0.1) is 17.8 Å². The summed E-state index contributed by atoms with van der Waals surface area (Å²) in [5.41, 5.74) is 2.14. The van der Waals surface area contributed by atoms with Crippen molar-refractivity contribution < 1.29 is 9.47 Å². The monoisotopic (exact) mass is 306 g/mol. The van der Waals surface area contributed by atoms with Crippen LogP contribution in [0.15, 0.2) is 23.6 Å². The zero-order chi connectivity index (χ0) is 15.1. The Morgan fingerprint density at radius 1 is 1.29 bits per heavy atom. The normalized spacial score (nSPS) is 10.6. The second kappa shape index (κ2) is 8.00. The number of methoxy groups -OCH3 is 1. The molecule has 2 aromatic rings. The molecule has 1 heterocycles. The van der Waals surface area contributed by atoms with Gasteiger partial charge in [0.25, 0.3) is 0 Å². The van der Waals surface area contributed by atoms with E-state index < -0.39 is 0 Å². The van der Waals surface area contributed by atoms with Crippen LogP contribution in [0.2, 0.25) is 0 Å². The molecule has 21 heavy (non-hydrogen) atoms. The van der Waals surface area contributed by atoms with Crippen LogP contribution in [0.25, 0.3) is 0 Å². The number of rotatable bonds is 8. The second-order valence-electron chi connectivity index (χ2n) is 4.81. The molecule has 0 bridgehead atoms. The minimum atomic E-state index is 0.466. The first-order valence-electron chi connectivity index (χ1n) is 7.14. The summed E-state index contributed by atoms with van der Waals surface area (Å²) < 4.78 is 11.2. The van der Waals surface area contributed by atoms with E-state index in [-0.39, 0.29) is 0 Å². The van der Waals surface area contributed by atoms with Crippen molar-refractivity contribution in [1.82, 2.24) is 10.3 Å². The SMILES string of the molecule is CCCNCc1ccc(OCc2csc(C)n2)c(OC)c1. The number of nitrogens with zero attached hydrogens (tertiary/aromatic N) is 1. The summed E-state index contributed by atoms with van der Waals surface area (Å²) >= 11 is 1.63. The second-order valence-corrected chi connectivity index (χ2v) is 5.87. The van der Waals surface area contributed by atoms with Gasteiger partial charge in [0.1, 0.15) is 6.61 Å². The summed E-state index contributed by atoms with van der Waals surface area (Å²) in [6.07, 6.45) is 1.13. The maximum atomic E-state index is 5.81. The molecule has 0 spiro atoms. The molecule has 0 amide bonds. The first-order chi connectivity index (χ1) is 10.2. The van der Waals surface area contributed by atoms with E-state index in [9.17, 15) is 0 Å². The summed E-state index contributed by atoms with van der Waals surface area (Å²) in [5, 5.41) is 6.45. The molecule has 1 N–H and O–H groups in total. The van der Waals surface area contributed by atoms with E-state index in [4.69, 9.17) is 9.47 Å². The largest absolute Gasteiger partial charge is 0.493 e. The van der Waals surface area contributed by atoms with Crippen molar-refractivity contribution in [3.63, 3.8) is 0 Å². The maximum Gasteiger partial charge on any atom is 0.161 e. The molecule has 2 rings (SSSR count). The first-order valence-corrected chi connectivity index (χ1v) is 8.02. The van der Waals surface area contributed by atoms with Gasteiger partial charge in [0.15, 0.2) is 11.5 Å². The molecule has 4 nitrogen and oxygen atoms in total. The maximum absolute atomic E-state index is 5.81. The third-order valence-corrected chi connectivity index (χ3v) is 3.85. The van der Waals surface area contributed by atoms with Crippen molar-refractivity contribution in [2.24, 2.45) is 0 Å². The van der Waals surface area contributed by atoms with Crippen molar-refractivity contribution >= 4 is 11.3 Å². The molecule has 0 aliphatic carbocycles. The van der Waals surface area contributed by atoms with Crippen molar-refractivity contribution in [3.05, 3.63) is 39.8 Å². The molecule has 0 atom stereocenters. The Balaban J connectivity index is 1.98. The fraction of sp³-hybridized carbons (Fsp3) is 0.438. The lowest BCUT2D eigenvalue weighted by atomic mass is 10.2. The van der Waals surface area contributed by atoms with Gasteiger partial charge in [-0.15, -0.1) is 11.3 Å². The molecular formula is C16H22N2O2S. The number of ether oxygens (including phenoxy) is 2. The van der Waals surface area contributed by atoms with Gasteiger partial charge in [0.2, 0.25) is 0 Å². The average molecular weight is 306 g/mol. The molecule has 0 saturated heterocycles. The van der Waals surface area contributed by atoms with Gasteiger partial charge in [0, 0.05) is 11.9 Å². The van der Waals surface area contributed by atoms with Gasteiger partial charge >= 0.3 is 0 Å². The molecule has 0 radical (unpaired) electrons. The molecule has 0 aliphatic heterocycles. The smallest absolute Gasteiger partial charge is 0.161 e. The number of hydrogen-bond acceptors (Lipinski definition) is 5. The fourth-order valence-corrected chi connectivity index (χ4v) is 2.57. The first kappa shape index (κ1) is 15.8. The van der Waals surface area contributed by atoms with Crippen LogP contribution in [0.5, 0.6) is 11.5 Å². The van der Waals surface area contributed by atoms with Gasteiger partial charge in [-0.05, 0) is 37.6 Å². The average Bonchev–Trinajstić information content (AvgIpc) is 2.91. The summed E-state index contributed by atoms with van der Waals surface area (Å²) in [4.78, 5) is 4.39. The zero-order valence-electron chi connectivity index (χ0n) is 12.8. The van der Waals surface area contributed by atoms with E-state index in [2.05, 4.69) is 23.3 Å². The van der Waals surface area contributed by atoms with Crippen LogP contribution < -0.4 is 14.8 Å². The summed E-state index contributed by atoms with van der Waals surface area (Å²) in [6, 6.07) is 6.04. The van der Waals surface area contributed by atoms with Gasteiger partial charge in [-0.1, -0.05) is 13.0 Å². The van der Waals surface area contributed by atoms with Crippen molar-refractivity contribution in [1.29, 1.82) is 0 Å². The van der Waals surface area contributed by atoms with Gasteiger partial charge in [-0.25, -0.2) is 4.98 Å². The van der Waals surface area contributed by atoms with Gasteiger partial charge in [-0.2, -0.15) is 0 Å². The number of aryl methyl sites for hydroxylation is 1. The van der Waals surface area contributed by atoms with E-state index in [1.165, 1.54) is 5.56 Å². The van der Waals surface area contributed by atoms with E-state index in [0.717, 1.165) is 41.7 Å². The number of thiazole rings is 1. The number of hydrogen-bond donors (Lipinski definition) is 1. The predicted molar refractivity (Wildman–Crippen MR) is 86.2 cm³/mol. The van der Waals surface area contributed by atoms with Crippen LogP contribution in [0.1, 0.15) is 29.6 Å². The third-order valence-electron chi connectivity index (χ3n) is 3.03. The van der Waals surface area contributed by atoms with Crippen LogP contribution in [0, 0.1) is 6.92 Å². The highest BCUT2D eigenvalue weighted by Gasteiger charge is 2.07. The molecule has 1 aromatic carbocycles. The Morgan fingerprint density at radius 2 is 2.14 bits per heavy atom. The lowest BCUT2D eigenvalue weighted by molar-refractivity contribution is 0.281. The minimum absolute atomic E-state index is 0.466. The standard InChI is InChI=1S/C16H22N2O2S/c1-4-7-17-9-13-5-6-15(16(8-13)19-3)20-10-14-11-21-12(2)18-14/h5-6,8,11,17H,4,7,9-10H2,1-3H3. The summed E-state index contributed by atoms with van der Waals surface area (Å²) in [7, 11) is 1.67. The highest BCUT2D eigenvalue weighted by Crippen LogP contribution is 2.29. The van der Waals surface area contributed by atoms with E-state index in [1.54, 1.807) is 18.4 Å². The summed E-state index contributed by atoms with van der Waals surface area (Å²) in [5.74, 6) is 1.51. The van der Waals surface area contributed by atoms with E-state index in [1.807, 2.05) is 24.4 Å². The van der Waals surface area contributed by atoms with E-state index in [0.29, 0.717) is 6.61 Å². The molecule has 5 heteroatoms. The van der Waals surface area contributed by atoms with E-state index >= 15 is 0 Å². The molecule has 1 aromatic heterocycles. The lowest BCUT2D eigenvalue weighted by Crippen LogP contribution is -2.13. The zero-order valence-corrected chi connectivity index (χ0v) is 13.6. The third kappa shape index (κ3) is 4.72. The Bertz CT molecular complexity index is 569. The molecular weight excluding hydrogens is 284 g/mol. The van der Waals surface area contributed by atoms with Crippen molar-refractivity contribution in [3.8, 4) is 11.5 Å². The van der Waals surface area contributed by atoms with Crippen LogP contribution >= 0.6 is 11.3 Å². The molecule has 114 valence electrons. The Hall–Kier alpha value is -1.59. The lowest BCUT2D eigenvalue weighted by Gasteiger charge is -2.12. The number of aromatic nitrogens is 1. The molecule has 0 aliphatic rings. The number of nitrogens with one attached hydrogen (secondary N) is 1.